The first kappa shape index (κ1) is 17.2. The van der Waals surface area contributed by atoms with E-state index in [2.05, 4.69) is 0 Å². The van der Waals surface area contributed by atoms with E-state index in [0.29, 0.717) is 27.2 Å². The number of carbonyl (C=O) groups excluding carboxylic acids is 2. The standard InChI is InChI=1S/C22H17NO3S/c1-2-26-22(25)19-16-11-6-7-13-23(16)20(21(24)17-12-8-14-27-17)18(19)15-9-4-3-5-10-15/h3-14H,2H2,1H3. The number of aromatic nitrogens is 1. The molecule has 0 amide bonds. The largest absolute Gasteiger partial charge is 0.462 e. The Hall–Kier alpha value is -3.18. The van der Waals surface area contributed by atoms with Crippen LogP contribution in [0.1, 0.15) is 32.6 Å². The molecule has 3 aromatic heterocycles. The lowest BCUT2D eigenvalue weighted by Crippen LogP contribution is -2.07. The highest BCUT2D eigenvalue weighted by molar-refractivity contribution is 7.12. The first-order valence-electron chi connectivity index (χ1n) is 8.66. The van der Waals surface area contributed by atoms with Crippen molar-refractivity contribution in [3.8, 4) is 11.1 Å². The topological polar surface area (TPSA) is 47.8 Å². The molecular weight excluding hydrogens is 358 g/mol. The summed E-state index contributed by atoms with van der Waals surface area (Å²) in [6.45, 7) is 2.04. The number of ether oxygens (including phenoxy) is 1. The molecule has 1 aromatic carbocycles. The highest BCUT2D eigenvalue weighted by Gasteiger charge is 2.29. The summed E-state index contributed by atoms with van der Waals surface area (Å²) in [6.07, 6.45) is 1.81. The molecule has 0 aliphatic carbocycles. The molecule has 134 valence electrons. The minimum absolute atomic E-state index is 0.111. The van der Waals surface area contributed by atoms with E-state index in [0.717, 1.165) is 5.56 Å². The Morgan fingerprint density at radius 3 is 2.48 bits per heavy atom. The smallest absolute Gasteiger partial charge is 0.340 e. The van der Waals surface area contributed by atoms with Crippen molar-refractivity contribution >= 4 is 28.6 Å². The maximum absolute atomic E-state index is 13.3. The van der Waals surface area contributed by atoms with Crippen molar-refractivity contribution < 1.29 is 14.3 Å². The zero-order valence-corrected chi connectivity index (χ0v) is 15.5. The van der Waals surface area contributed by atoms with Gasteiger partial charge in [-0.15, -0.1) is 11.3 Å². The summed E-state index contributed by atoms with van der Waals surface area (Å²) in [5, 5.41) is 1.87. The number of ketones is 1. The van der Waals surface area contributed by atoms with Gasteiger partial charge in [-0.05, 0) is 36.1 Å². The van der Waals surface area contributed by atoms with Crippen LogP contribution in [0.15, 0.2) is 72.2 Å². The van der Waals surface area contributed by atoms with Crippen LogP contribution in [0.4, 0.5) is 0 Å². The molecule has 0 aliphatic heterocycles. The van der Waals surface area contributed by atoms with Crippen LogP contribution in [0, 0.1) is 0 Å². The fourth-order valence-electron chi connectivity index (χ4n) is 3.25. The van der Waals surface area contributed by atoms with Crippen LogP contribution in [0.5, 0.6) is 0 Å². The Kier molecular flexibility index (Phi) is 4.60. The number of benzene rings is 1. The lowest BCUT2D eigenvalue weighted by molar-refractivity contribution is 0.0529. The second-order valence-electron chi connectivity index (χ2n) is 5.95. The summed E-state index contributed by atoms with van der Waals surface area (Å²) in [5.41, 5.74) is 2.98. The number of rotatable bonds is 5. The third kappa shape index (κ3) is 2.96. The lowest BCUT2D eigenvalue weighted by Gasteiger charge is -2.07. The van der Waals surface area contributed by atoms with E-state index < -0.39 is 5.97 Å². The third-order valence-electron chi connectivity index (χ3n) is 4.35. The highest BCUT2D eigenvalue weighted by atomic mass is 32.1. The van der Waals surface area contributed by atoms with Crippen LogP contribution in [0.25, 0.3) is 16.6 Å². The van der Waals surface area contributed by atoms with E-state index in [1.54, 1.807) is 17.4 Å². The maximum atomic E-state index is 13.3. The lowest BCUT2D eigenvalue weighted by atomic mass is 9.98. The van der Waals surface area contributed by atoms with Gasteiger partial charge in [0.15, 0.2) is 0 Å². The highest BCUT2D eigenvalue weighted by Crippen LogP contribution is 2.35. The summed E-state index contributed by atoms with van der Waals surface area (Å²) < 4.78 is 7.11. The number of hydrogen-bond acceptors (Lipinski definition) is 4. The van der Waals surface area contributed by atoms with Crippen molar-refractivity contribution in [3.05, 3.63) is 88.4 Å². The molecule has 0 N–H and O–H groups in total. The quantitative estimate of drug-likeness (QED) is 0.361. The molecule has 0 spiro atoms. The molecule has 4 rings (SSSR count). The van der Waals surface area contributed by atoms with Gasteiger partial charge in [0.1, 0.15) is 5.69 Å². The molecule has 3 heterocycles. The molecule has 0 saturated heterocycles. The second kappa shape index (κ2) is 7.21. The van der Waals surface area contributed by atoms with E-state index in [1.807, 2.05) is 66.2 Å². The number of fused-ring (bicyclic) bond motifs is 1. The van der Waals surface area contributed by atoms with Gasteiger partial charge in [0, 0.05) is 11.8 Å². The second-order valence-corrected chi connectivity index (χ2v) is 6.90. The minimum atomic E-state index is -0.426. The summed E-state index contributed by atoms with van der Waals surface area (Å²) in [5.74, 6) is -0.536. The molecule has 4 aromatic rings. The first-order chi connectivity index (χ1) is 13.2. The van der Waals surface area contributed by atoms with Gasteiger partial charge >= 0.3 is 5.97 Å². The van der Waals surface area contributed by atoms with Crippen LogP contribution in [0.2, 0.25) is 0 Å². The Morgan fingerprint density at radius 1 is 1.00 bits per heavy atom. The summed E-state index contributed by atoms with van der Waals surface area (Å²) in [7, 11) is 0. The fraction of sp³-hybridized carbons (Fsp3) is 0.0909. The van der Waals surface area contributed by atoms with Gasteiger partial charge < -0.3 is 9.14 Å². The molecule has 27 heavy (non-hydrogen) atoms. The fourth-order valence-corrected chi connectivity index (χ4v) is 3.92. The van der Waals surface area contributed by atoms with E-state index in [1.165, 1.54) is 11.3 Å². The van der Waals surface area contributed by atoms with Gasteiger partial charge in [0.25, 0.3) is 0 Å². The summed E-state index contributed by atoms with van der Waals surface area (Å²) >= 11 is 1.39. The van der Waals surface area contributed by atoms with E-state index >= 15 is 0 Å². The maximum Gasteiger partial charge on any atom is 0.340 e. The van der Waals surface area contributed by atoms with Crippen molar-refractivity contribution in [1.29, 1.82) is 0 Å². The summed E-state index contributed by atoms with van der Waals surface area (Å²) in [6, 6.07) is 18.7. The SMILES string of the molecule is CCOC(=O)c1c(-c2ccccc2)c(C(=O)c2cccs2)n2ccccc12. The van der Waals surface area contributed by atoms with Crippen molar-refractivity contribution in [3.63, 3.8) is 0 Å². The van der Waals surface area contributed by atoms with Crippen LogP contribution < -0.4 is 0 Å². The molecule has 0 aliphatic rings. The molecule has 0 unspecified atom stereocenters. The van der Waals surface area contributed by atoms with Gasteiger partial charge in [-0.3, -0.25) is 4.79 Å². The number of pyridine rings is 1. The number of hydrogen-bond donors (Lipinski definition) is 0. The van der Waals surface area contributed by atoms with Crippen LogP contribution >= 0.6 is 11.3 Å². The van der Waals surface area contributed by atoms with Gasteiger partial charge in [-0.2, -0.15) is 0 Å². The van der Waals surface area contributed by atoms with Gasteiger partial charge in [0.2, 0.25) is 5.78 Å². The predicted octanol–water partition coefficient (Wildman–Crippen LogP) is 5.08. The van der Waals surface area contributed by atoms with Crippen LogP contribution in [-0.4, -0.2) is 22.8 Å². The van der Waals surface area contributed by atoms with Crippen molar-refractivity contribution in [2.75, 3.05) is 6.61 Å². The van der Waals surface area contributed by atoms with Gasteiger partial charge in [0.05, 0.1) is 22.6 Å². The van der Waals surface area contributed by atoms with Crippen molar-refractivity contribution in [1.82, 2.24) is 4.40 Å². The van der Waals surface area contributed by atoms with Crippen molar-refractivity contribution in [2.45, 2.75) is 6.92 Å². The molecule has 4 nitrogen and oxygen atoms in total. The van der Waals surface area contributed by atoms with E-state index in [4.69, 9.17) is 4.74 Å². The van der Waals surface area contributed by atoms with Gasteiger partial charge in [-0.1, -0.05) is 42.5 Å². The van der Waals surface area contributed by atoms with E-state index in [-0.39, 0.29) is 12.4 Å². The molecule has 0 fully saturated rings. The minimum Gasteiger partial charge on any atom is -0.462 e. The zero-order valence-electron chi connectivity index (χ0n) is 14.7. The molecule has 0 atom stereocenters. The third-order valence-corrected chi connectivity index (χ3v) is 5.21. The normalized spacial score (nSPS) is 10.9. The Balaban J connectivity index is 2.09. The number of nitrogens with zero attached hydrogens (tertiary/aromatic N) is 1. The average molecular weight is 375 g/mol. The average Bonchev–Trinajstić information content (AvgIpc) is 3.34. The Morgan fingerprint density at radius 2 is 1.78 bits per heavy atom. The zero-order chi connectivity index (χ0) is 18.8. The number of esters is 1. The molecule has 0 saturated carbocycles. The van der Waals surface area contributed by atoms with Crippen molar-refractivity contribution in [2.24, 2.45) is 0 Å². The predicted molar refractivity (Wildman–Crippen MR) is 107 cm³/mol. The molecular formula is C22H17NO3S. The first-order valence-corrected chi connectivity index (χ1v) is 9.54. The number of carbonyl (C=O) groups is 2. The monoisotopic (exact) mass is 375 g/mol. The molecule has 0 bridgehead atoms. The summed E-state index contributed by atoms with van der Waals surface area (Å²) in [4.78, 5) is 26.8. The Labute approximate surface area is 160 Å². The van der Waals surface area contributed by atoms with Crippen LogP contribution in [0.3, 0.4) is 0 Å². The van der Waals surface area contributed by atoms with E-state index in [9.17, 15) is 9.59 Å². The van der Waals surface area contributed by atoms with Crippen LogP contribution in [-0.2, 0) is 4.74 Å². The molecule has 5 heteroatoms. The van der Waals surface area contributed by atoms with Gasteiger partial charge in [-0.25, -0.2) is 4.79 Å². The number of thiophene rings is 1. The Bertz CT molecular complexity index is 1110. The molecule has 0 radical (unpaired) electrons.